The molecule has 0 aromatic carbocycles. The van der Waals surface area contributed by atoms with Crippen molar-refractivity contribution in [3.63, 3.8) is 0 Å². The summed E-state index contributed by atoms with van der Waals surface area (Å²) in [6, 6.07) is 0. The molecular weight excluding hydrogens is 364 g/mol. The molecule has 0 radical (unpaired) electrons. The van der Waals surface area contributed by atoms with Crippen molar-refractivity contribution >= 4 is 17.5 Å². The zero-order chi connectivity index (χ0) is 21.0. The number of esters is 1. The number of allylic oxidation sites excluding steroid dienone is 1. The topological polar surface area (TPSA) is 60.4 Å². The quantitative estimate of drug-likeness (QED) is 0.593. The summed E-state index contributed by atoms with van der Waals surface area (Å²) in [6.45, 7) is 8.71. The number of fused-ring (bicyclic) bond motifs is 5. The molecule has 6 atom stereocenters. The molecule has 29 heavy (non-hydrogen) atoms. The first-order valence-electron chi connectivity index (χ1n) is 11.8. The first-order chi connectivity index (χ1) is 13.8. The molecule has 4 aliphatic carbocycles. The van der Waals surface area contributed by atoms with Crippen molar-refractivity contribution in [1.82, 2.24) is 0 Å². The minimum atomic E-state index is -0.279. The highest BCUT2D eigenvalue weighted by atomic mass is 16.5. The Balaban J connectivity index is 1.70. The average Bonchev–Trinajstić information content (AvgIpc) is 2.95. The first-order valence-corrected chi connectivity index (χ1v) is 11.8. The van der Waals surface area contributed by atoms with Crippen molar-refractivity contribution in [3.05, 3.63) is 11.3 Å². The molecule has 1 unspecified atom stereocenters. The van der Waals surface area contributed by atoms with Crippen LogP contribution in [-0.2, 0) is 19.1 Å². The summed E-state index contributed by atoms with van der Waals surface area (Å²) in [4.78, 5) is 37.8. The van der Waals surface area contributed by atoms with Gasteiger partial charge >= 0.3 is 5.97 Å². The number of ketones is 2. The third-order valence-corrected chi connectivity index (χ3v) is 9.11. The number of hydrogen-bond donors (Lipinski definition) is 0. The maximum absolute atomic E-state index is 12.9. The number of ether oxygens (including phenoxy) is 1. The molecule has 4 rings (SSSR count). The second-order valence-corrected chi connectivity index (χ2v) is 10.5. The minimum Gasteiger partial charge on any atom is -0.423 e. The lowest BCUT2D eigenvalue weighted by Gasteiger charge is -2.57. The van der Waals surface area contributed by atoms with Crippen molar-refractivity contribution in [2.45, 2.75) is 91.9 Å². The molecule has 0 spiro atoms. The maximum atomic E-state index is 12.9. The smallest absolute Gasteiger partial charge is 0.311 e. The van der Waals surface area contributed by atoms with Crippen molar-refractivity contribution < 1.29 is 19.1 Å². The van der Waals surface area contributed by atoms with Gasteiger partial charge < -0.3 is 4.74 Å². The van der Waals surface area contributed by atoms with E-state index in [1.807, 2.05) is 6.92 Å². The molecule has 0 aromatic heterocycles. The van der Waals surface area contributed by atoms with Gasteiger partial charge in [0.15, 0.2) is 11.5 Å². The minimum absolute atomic E-state index is 0.00325. The van der Waals surface area contributed by atoms with Gasteiger partial charge in [-0.2, -0.15) is 0 Å². The number of carbonyl (C=O) groups excluding carboxylic acids is 3. The largest absolute Gasteiger partial charge is 0.423 e. The van der Waals surface area contributed by atoms with Crippen LogP contribution in [0.4, 0.5) is 0 Å². The van der Waals surface area contributed by atoms with Crippen LogP contribution < -0.4 is 0 Å². The molecule has 3 fully saturated rings. The highest BCUT2D eigenvalue weighted by molar-refractivity contribution is 5.97. The van der Waals surface area contributed by atoms with Crippen molar-refractivity contribution in [2.24, 2.45) is 34.5 Å². The lowest BCUT2D eigenvalue weighted by atomic mass is 9.46. The standard InChI is InChI=1S/C25H36O4/c1-5-7-21(28)29-23-18-9-8-16-17(24(18,3)13-11-19(23)26)10-12-25(4)20(27)14-15(6-2)22(16)25/h15-17,22H,5-14H2,1-4H3/t15?,16-,17-,22+,24-,25-/m1/s1. The molecular formula is C25H36O4. The second-order valence-electron chi connectivity index (χ2n) is 10.5. The van der Waals surface area contributed by atoms with E-state index in [0.29, 0.717) is 48.1 Å². The third kappa shape index (κ3) is 3.04. The summed E-state index contributed by atoms with van der Waals surface area (Å²) in [6.07, 6.45) is 8.09. The van der Waals surface area contributed by atoms with E-state index >= 15 is 0 Å². The van der Waals surface area contributed by atoms with Gasteiger partial charge in [0.2, 0.25) is 0 Å². The van der Waals surface area contributed by atoms with E-state index in [0.717, 1.165) is 56.9 Å². The van der Waals surface area contributed by atoms with E-state index in [2.05, 4.69) is 20.8 Å². The lowest BCUT2D eigenvalue weighted by Crippen LogP contribution is -2.52. The average molecular weight is 401 g/mol. The molecule has 4 nitrogen and oxygen atoms in total. The Morgan fingerprint density at radius 1 is 1.07 bits per heavy atom. The van der Waals surface area contributed by atoms with E-state index < -0.39 is 0 Å². The van der Waals surface area contributed by atoms with Crippen LogP contribution in [-0.4, -0.2) is 17.5 Å². The monoisotopic (exact) mass is 400 g/mol. The van der Waals surface area contributed by atoms with Gasteiger partial charge in [0.05, 0.1) is 0 Å². The van der Waals surface area contributed by atoms with Crippen molar-refractivity contribution in [3.8, 4) is 0 Å². The van der Waals surface area contributed by atoms with Crippen LogP contribution in [0.25, 0.3) is 0 Å². The van der Waals surface area contributed by atoms with Crippen LogP contribution in [0.5, 0.6) is 0 Å². The van der Waals surface area contributed by atoms with Crippen LogP contribution in [0.3, 0.4) is 0 Å². The zero-order valence-electron chi connectivity index (χ0n) is 18.5. The predicted octanol–water partition coefficient (Wildman–Crippen LogP) is 5.39. The van der Waals surface area contributed by atoms with E-state index in [-0.39, 0.29) is 22.6 Å². The second kappa shape index (κ2) is 7.35. The van der Waals surface area contributed by atoms with Crippen LogP contribution in [0, 0.1) is 34.5 Å². The van der Waals surface area contributed by atoms with Gasteiger partial charge in [0.25, 0.3) is 0 Å². The molecule has 0 amide bonds. The number of Topliss-reactive ketones (excluding diaryl/α,β-unsaturated/α-hetero) is 2. The predicted molar refractivity (Wildman–Crippen MR) is 111 cm³/mol. The molecule has 0 heterocycles. The summed E-state index contributed by atoms with van der Waals surface area (Å²) < 4.78 is 5.66. The van der Waals surface area contributed by atoms with Crippen molar-refractivity contribution in [1.29, 1.82) is 0 Å². The van der Waals surface area contributed by atoms with Gasteiger partial charge in [-0.25, -0.2) is 0 Å². The molecule has 0 aromatic rings. The number of rotatable bonds is 4. The molecule has 160 valence electrons. The molecule has 0 N–H and O–H groups in total. The Kier molecular flexibility index (Phi) is 5.28. The van der Waals surface area contributed by atoms with E-state index in [9.17, 15) is 14.4 Å². The summed E-state index contributed by atoms with van der Waals surface area (Å²) in [5.41, 5.74) is 0.866. The van der Waals surface area contributed by atoms with Gasteiger partial charge in [-0.1, -0.05) is 34.1 Å². The Morgan fingerprint density at radius 3 is 2.52 bits per heavy atom. The summed E-state index contributed by atoms with van der Waals surface area (Å²) in [7, 11) is 0. The maximum Gasteiger partial charge on any atom is 0.311 e. The normalized spacial score (nSPS) is 41.7. The molecule has 0 bridgehead atoms. The lowest BCUT2D eigenvalue weighted by molar-refractivity contribution is -0.145. The highest BCUT2D eigenvalue weighted by Crippen LogP contribution is 2.66. The molecule has 0 aliphatic heterocycles. The van der Waals surface area contributed by atoms with Gasteiger partial charge in [0, 0.05) is 24.7 Å². The Labute approximate surface area is 174 Å². The fraction of sp³-hybridized carbons (Fsp3) is 0.800. The Bertz CT molecular complexity index is 765. The van der Waals surface area contributed by atoms with Gasteiger partial charge in [0.1, 0.15) is 5.78 Å². The highest BCUT2D eigenvalue weighted by Gasteiger charge is 2.62. The third-order valence-electron chi connectivity index (χ3n) is 9.11. The molecule has 0 saturated heterocycles. The molecule has 4 aliphatic rings. The summed E-state index contributed by atoms with van der Waals surface area (Å²) in [5, 5.41) is 0. The van der Waals surface area contributed by atoms with E-state index in [1.54, 1.807) is 0 Å². The number of carbonyl (C=O) groups is 3. The van der Waals surface area contributed by atoms with Gasteiger partial charge in [-0.05, 0) is 73.2 Å². The van der Waals surface area contributed by atoms with Crippen molar-refractivity contribution in [2.75, 3.05) is 0 Å². The van der Waals surface area contributed by atoms with Crippen LogP contribution in [0.2, 0.25) is 0 Å². The Hall–Kier alpha value is -1.45. The van der Waals surface area contributed by atoms with Crippen LogP contribution in [0.15, 0.2) is 11.3 Å². The molecule has 4 heteroatoms. The fourth-order valence-electron chi connectivity index (χ4n) is 7.59. The van der Waals surface area contributed by atoms with E-state index in [4.69, 9.17) is 4.74 Å². The first kappa shape index (κ1) is 20.8. The van der Waals surface area contributed by atoms with Gasteiger partial charge in [-0.3, -0.25) is 14.4 Å². The van der Waals surface area contributed by atoms with Gasteiger partial charge in [-0.15, -0.1) is 0 Å². The Morgan fingerprint density at radius 2 is 1.83 bits per heavy atom. The fourth-order valence-corrected chi connectivity index (χ4v) is 7.59. The summed E-state index contributed by atoms with van der Waals surface area (Å²) >= 11 is 0. The summed E-state index contributed by atoms with van der Waals surface area (Å²) in [5.74, 6) is 2.58. The SMILES string of the molecule is CCCC(=O)OC1=C2CC[C@@H]3[C@@H](CC[C@]4(C)C(=O)CC(CC)[C@@H]34)[C@@]2(C)CCC1=O. The van der Waals surface area contributed by atoms with Crippen LogP contribution >= 0.6 is 0 Å². The van der Waals surface area contributed by atoms with Crippen LogP contribution in [0.1, 0.15) is 91.9 Å². The number of hydrogen-bond acceptors (Lipinski definition) is 4. The zero-order valence-corrected chi connectivity index (χ0v) is 18.5. The van der Waals surface area contributed by atoms with E-state index in [1.165, 1.54) is 0 Å². The molecule has 3 saturated carbocycles.